The fourth-order valence-corrected chi connectivity index (χ4v) is 5.72. The van der Waals surface area contributed by atoms with Crippen molar-refractivity contribution in [3.63, 3.8) is 0 Å². The van der Waals surface area contributed by atoms with E-state index >= 15 is 0 Å². The number of rotatable bonds is 6. The number of benzene rings is 2. The van der Waals surface area contributed by atoms with E-state index in [9.17, 15) is 24.5 Å². The number of carbonyl (C=O) groups excluding carboxylic acids is 3. The third kappa shape index (κ3) is 3.69. The van der Waals surface area contributed by atoms with Crippen LogP contribution in [0.1, 0.15) is 36.4 Å². The Morgan fingerprint density at radius 3 is 2.21 bits per heavy atom. The molecule has 0 spiro atoms. The van der Waals surface area contributed by atoms with Gasteiger partial charge in [0, 0.05) is 17.8 Å². The van der Waals surface area contributed by atoms with Crippen molar-refractivity contribution < 1.29 is 19.3 Å². The second kappa shape index (κ2) is 8.52. The second-order valence-corrected chi connectivity index (χ2v) is 9.32. The molecule has 1 aliphatic heterocycles. The summed E-state index contributed by atoms with van der Waals surface area (Å²) in [6.45, 7) is 1.68. The molecule has 1 N–H and O–H groups in total. The number of nitrogens with zero attached hydrogens (tertiary/aromatic N) is 2. The summed E-state index contributed by atoms with van der Waals surface area (Å²) in [7, 11) is 0. The summed E-state index contributed by atoms with van der Waals surface area (Å²) in [6, 6.07) is 12.6. The SMILES string of the molecule is Cc1cc([N+](=O)[O-])ccc1NC(=O)C[C@H](c1ccccc1)N1C(=O)[C@@H]2[C@H](C1=O)[C@H]1C=C[C@H]2CC1. The lowest BCUT2D eigenvalue weighted by Crippen LogP contribution is -2.38. The van der Waals surface area contributed by atoms with Crippen molar-refractivity contribution in [3.8, 4) is 0 Å². The number of allylic oxidation sites excluding steroid dienone is 2. The molecule has 1 saturated carbocycles. The molecule has 2 aromatic carbocycles. The molecular weight excluding hydrogens is 434 g/mol. The Bertz CT molecular complexity index is 1180. The van der Waals surface area contributed by atoms with Crippen LogP contribution in [0, 0.1) is 40.7 Å². The zero-order valence-corrected chi connectivity index (χ0v) is 18.7. The number of imide groups is 1. The summed E-state index contributed by atoms with van der Waals surface area (Å²) >= 11 is 0. The van der Waals surface area contributed by atoms with Crippen LogP contribution in [0.3, 0.4) is 0 Å². The zero-order valence-electron chi connectivity index (χ0n) is 18.7. The molecule has 34 heavy (non-hydrogen) atoms. The summed E-state index contributed by atoms with van der Waals surface area (Å²) in [5, 5.41) is 13.8. The number of non-ortho nitro benzene ring substituents is 1. The minimum Gasteiger partial charge on any atom is -0.326 e. The summed E-state index contributed by atoms with van der Waals surface area (Å²) in [5.41, 5.74) is 1.67. The summed E-state index contributed by atoms with van der Waals surface area (Å²) in [6.07, 6.45) is 5.87. The van der Waals surface area contributed by atoms with Crippen molar-refractivity contribution in [2.45, 2.75) is 32.2 Å². The average molecular weight is 460 g/mol. The highest BCUT2D eigenvalue weighted by molar-refractivity contribution is 6.07. The highest BCUT2D eigenvalue weighted by atomic mass is 16.6. The Morgan fingerprint density at radius 1 is 1.06 bits per heavy atom. The minimum absolute atomic E-state index is 0.0585. The predicted molar refractivity (Wildman–Crippen MR) is 124 cm³/mol. The van der Waals surface area contributed by atoms with Crippen molar-refractivity contribution in [2.75, 3.05) is 5.32 Å². The van der Waals surface area contributed by atoms with Gasteiger partial charge in [0.15, 0.2) is 0 Å². The van der Waals surface area contributed by atoms with Gasteiger partial charge in [0.25, 0.3) is 5.69 Å². The van der Waals surface area contributed by atoms with Crippen molar-refractivity contribution in [3.05, 3.63) is 81.9 Å². The average Bonchev–Trinajstić information content (AvgIpc) is 3.12. The van der Waals surface area contributed by atoms with E-state index in [1.807, 2.05) is 30.3 Å². The van der Waals surface area contributed by atoms with Crippen molar-refractivity contribution in [1.29, 1.82) is 0 Å². The van der Waals surface area contributed by atoms with Gasteiger partial charge in [-0.05, 0) is 48.8 Å². The molecule has 1 saturated heterocycles. The van der Waals surface area contributed by atoms with Crippen LogP contribution in [0.4, 0.5) is 11.4 Å². The molecule has 2 bridgehead atoms. The van der Waals surface area contributed by atoms with Gasteiger partial charge in [-0.3, -0.25) is 29.4 Å². The van der Waals surface area contributed by atoms with E-state index < -0.39 is 11.0 Å². The number of fused-ring (bicyclic) bond motifs is 1. The van der Waals surface area contributed by atoms with Crippen LogP contribution in [-0.2, 0) is 14.4 Å². The van der Waals surface area contributed by atoms with Crippen LogP contribution in [-0.4, -0.2) is 27.5 Å². The smallest absolute Gasteiger partial charge is 0.269 e. The topological polar surface area (TPSA) is 110 Å². The van der Waals surface area contributed by atoms with Gasteiger partial charge in [0.2, 0.25) is 17.7 Å². The van der Waals surface area contributed by atoms with Gasteiger partial charge in [-0.25, -0.2) is 0 Å². The molecular formula is C26H25N3O5. The molecule has 0 unspecified atom stereocenters. The molecule has 2 aromatic rings. The molecule has 3 aliphatic carbocycles. The number of likely N-dealkylation sites (tertiary alicyclic amines) is 1. The molecule has 174 valence electrons. The first kappa shape index (κ1) is 22.0. The van der Waals surface area contributed by atoms with Crippen molar-refractivity contribution >= 4 is 29.1 Å². The van der Waals surface area contributed by atoms with E-state index in [-0.39, 0.29) is 53.5 Å². The van der Waals surface area contributed by atoms with E-state index in [0.29, 0.717) is 11.3 Å². The summed E-state index contributed by atoms with van der Waals surface area (Å²) in [4.78, 5) is 52.0. The van der Waals surface area contributed by atoms with Crippen LogP contribution in [0.5, 0.6) is 0 Å². The number of amides is 3. The monoisotopic (exact) mass is 459 g/mol. The number of hydrogen-bond donors (Lipinski definition) is 1. The number of aryl methyl sites for hydroxylation is 1. The van der Waals surface area contributed by atoms with E-state index in [2.05, 4.69) is 17.5 Å². The molecule has 0 aromatic heterocycles. The Hall–Kier alpha value is -3.81. The number of nitro groups is 1. The molecule has 5 atom stereocenters. The molecule has 8 nitrogen and oxygen atoms in total. The van der Waals surface area contributed by atoms with Crippen LogP contribution >= 0.6 is 0 Å². The summed E-state index contributed by atoms with van der Waals surface area (Å²) in [5.74, 6) is -1.30. The van der Waals surface area contributed by atoms with Crippen molar-refractivity contribution in [2.24, 2.45) is 23.7 Å². The van der Waals surface area contributed by atoms with Gasteiger partial charge in [-0.1, -0.05) is 42.5 Å². The third-order valence-electron chi connectivity index (χ3n) is 7.36. The fraction of sp³-hybridized carbons (Fsp3) is 0.346. The molecule has 2 fully saturated rings. The van der Waals surface area contributed by atoms with Crippen LogP contribution in [0.25, 0.3) is 0 Å². The number of anilines is 1. The van der Waals surface area contributed by atoms with E-state index in [4.69, 9.17) is 0 Å². The van der Waals surface area contributed by atoms with E-state index in [1.54, 1.807) is 6.92 Å². The van der Waals surface area contributed by atoms with Gasteiger partial charge in [-0.15, -0.1) is 0 Å². The molecule has 0 radical (unpaired) electrons. The number of hydrogen-bond acceptors (Lipinski definition) is 5. The zero-order chi connectivity index (χ0) is 24.0. The highest BCUT2D eigenvalue weighted by Gasteiger charge is 2.58. The fourth-order valence-electron chi connectivity index (χ4n) is 5.72. The Labute approximate surface area is 196 Å². The first-order valence-electron chi connectivity index (χ1n) is 11.5. The lowest BCUT2D eigenvalue weighted by atomic mass is 9.63. The first-order valence-corrected chi connectivity index (χ1v) is 11.5. The molecule has 4 aliphatic rings. The van der Waals surface area contributed by atoms with Crippen molar-refractivity contribution in [1.82, 2.24) is 4.90 Å². The summed E-state index contributed by atoms with van der Waals surface area (Å²) < 4.78 is 0. The minimum atomic E-state index is -0.718. The molecule has 3 amide bonds. The second-order valence-electron chi connectivity index (χ2n) is 9.32. The Morgan fingerprint density at radius 2 is 1.68 bits per heavy atom. The number of nitrogens with one attached hydrogen (secondary N) is 1. The number of nitro benzene ring substituents is 1. The molecule has 6 rings (SSSR count). The van der Waals surface area contributed by atoms with Gasteiger partial charge >= 0.3 is 0 Å². The van der Waals surface area contributed by atoms with Crippen LogP contribution in [0.2, 0.25) is 0 Å². The van der Waals surface area contributed by atoms with Gasteiger partial charge in [0.05, 0.1) is 29.2 Å². The third-order valence-corrected chi connectivity index (χ3v) is 7.36. The largest absolute Gasteiger partial charge is 0.326 e. The van der Waals surface area contributed by atoms with Gasteiger partial charge in [0.1, 0.15) is 0 Å². The maximum Gasteiger partial charge on any atom is 0.269 e. The normalized spacial score (nSPS) is 25.9. The lowest BCUT2D eigenvalue weighted by Gasteiger charge is -2.38. The van der Waals surface area contributed by atoms with E-state index in [0.717, 1.165) is 18.4 Å². The lowest BCUT2D eigenvalue weighted by molar-refractivity contribution is -0.384. The van der Waals surface area contributed by atoms with Crippen LogP contribution in [0.15, 0.2) is 60.7 Å². The van der Waals surface area contributed by atoms with Gasteiger partial charge < -0.3 is 5.32 Å². The Kier molecular flexibility index (Phi) is 5.51. The maximum absolute atomic E-state index is 13.5. The van der Waals surface area contributed by atoms with Crippen LogP contribution < -0.4 is 5.32 Å². The molecule has 1 heterocycles. The quantitative estimate of drug-likeness (QED) is 0.302. The first-order chi connectivity index (χ1) is 16.3. The maximum atomic E-state index is 13.5. The number of carbonyl (C=O) groups is 3. The predicted octanol–water partition coefficient (Wildman–Crippen LogP) is 4.17. The van der Waals surface area contributed by atoms with Gasteiger partial charge in [-0.2, -0.15) is 0 Å². The molecule has 8 heteroatoms. The Balaban J connectivity index is 1.42. The standard InChI is InChI=1S/C26H25N3O5/c1-15-13-19(29(33)34)11-12-20(15)27-22(30)14-21(16-5-3-2-4-6-16)28-25(31)23-17-7-8-18(10-9-17)24(23)26(28)32/h2-8,11-13,17-18,21,23-24H,9-10,14H2,1H3,(H,27,30)/t17-,18-,21+,23-,24+/m0/s1. The van der Waals surface area contributed by atoms with E-state index in [1.165, 1.54) is 23.1 Å². The highest BCUT2D eigenvalue weighted by Crippen LogP contribution is 2.51.